The number of likely N-dealkylation sites (N-methyl/N-ethyl adjacent to an activating group) is 1. The van der Waals surface area contributed by atoms with Crippen molar-refractivity contribution in [3.05, 3.63) is 35.6 Å². The monoisotopic (exact) mass is 253 g/mol. The Morgan fingerprint density at radius 1 is 1.28 bits per heavy atom. The molecule has 1 aromatic carbocycles. The zero-order chi connectivity index (χ0) is 13.6. The fourth-order valence-corrected chi connectivity index (χ4v) is 2.38. The molecule has 1 rings (SSSR count). The Kier molecular flexibility index (Phi) is 5.76. The van der Waals surface area contributed by atoms with Crippen molar-refractivity contribution in [2.75, 3.05) is 20.8 Å². The first kappa shape index (κ1) is 15.1. The van der Waals surface area contributed by atoms with E-state index in [9.17, 15) is 4.39 Å². The van der Waals surface area contributed by atoms with Gasteiger partial charge in [0, 0.05) is 25.2 Å². The van der Waals surface area contributed by atoms with Crippen LogP contribution >= 0.6 is 0 Å². The van der Waals surface area contributed by atoms with Crippen molar-refractivity contribution in [3.63, 3.8) is 0 Å². The maximum atomic E-state index is 13.0. The van der Waals surface area contributed by atoms with Crippen LogP contribution < -0.4 is 5.32 Å². The SMILES string of the molecule is CNC(CCCOC)C(C)(C)c1ccc(F)cc1. The van der Waals surface area contributed by atoms with Gasteiger partial charge in [0.05, 0.1) is 0 Å². The molecule has 0 amide bonds. The molecule has 1 atom stereocenters. The number of methoxy groups -OCH3 is 1. The molecule has 0 aliphatic carbocycles. The van der Waals surface area contributed by atoms with Crippen molar-refractivity contribution < 1.29 is 9.13 Å². The van der Waals surface area contributed by atoms with E-state index < -0.39 is 0 Å². The fraction of sp³-hybridized carbons (Fsp3) is 0.600. The molecule has 0 fully saturated rings. The van der Waals surface area contributed by atoms with Gasteiger partial charge in [-0.2, -0.15) is 0 Å². The molecule has 0 saturated carbocycles. The fourth-order valence-electron chi connectivity index (χ4n) is 2.38. The maximum Gasteiger partial charge on any atom is 0.123 e. The highest BCUT2D eigenvalue weighted by molar-refractivity contribution is 5.26. The first-order valence-corrected chi connectivity index (χ1v) is 6.44. The van der Waals surface area contributed by atoms with E-state index in [0.717, 1.165) is 25.0 Å². The van der Waals surface area contributed by atoms with Gasteiger partial charge < -0.3 is 10.1 Å². The highest BCUT2D eigenvalue weighted by Crippen LogP contribution is 2.29. The Morgan fingerprint density at radius 3 is 2.39 bits per heavy atom. The summed E-state index contributed by atoms with van der Waals surface area (Å²) < 4.78 is 18.1. The lowest BCUT2D eigenvalue weighted by Crippen LogP contribution is -2.43. The van der Waals surface area contributed by atoms with Gasteiger partial charge in [0.25, 0.3) is 0 Å². The lowest BCUT2D eigenvalue weighted by Gasteiger charge is -2.35. The Balaban J connectivity index is 2.77. The molecule has 0 heterocycles. The molecule has 18 heavy (non-hydrogen) atoms. The maximum absolute atomic E-state index is 13.0. The number of nitrogens with one attached hydrogen (secondary N) is 1. The molecule has 0 aliphatic heterocycles. The van der Waals surface area contributed by atoms with Gasteiger partial charge in [0.15, 0.2) is 0 Å². The largest absolute Gasteiger partial charge is 0.385 e. The van der Waals surface area contributed by atoms with Crippen LogP contribution in [-0.2, 0) is 10.2 Å². The van der Waals surface area contributed by atoms with Crippen molar-refractivity contribution in [3.8, 4) is 0 Å². The lowest BCUT2D eigenvalue weighted by atomic mass is 9.76. The molecular weight excluding hydrogens is 229 g/mol. The highest BCUT2D eigenvalue weighted by atomic mass is 19.1. The van der Waals surface area contributed by atoms with E-state index in [2.05, 4.69) is 19.2 Å². The Hall–Kier alpha value is -0.930. The molecule has 1 unspecified atom stereocenters. The first-order chi connectivity index (χ1) is 8.52. The van der Waals surface area contributed by atoms with Crippen molar-refractivity contribution in [2.24, 2.45) is 0 Å². The Labute approximate surface area is 110 Å². The van der Waals surface area contributed by atoms with Gasteiger partial charge in [0.2, 0.25) is 0 Å². The minimum atomic E-state index is -0.185. The summed E-state index contributed by atoms with van der Waals surface area (Å²) in [5, 5.41) is 3.37. The van der Waals surface area contributed by atoms with Crippen LogP contribution in [0.25, 0.3) is 0 Å². The highest BCUT2D eigenvalue weighted by Gasteiger charge is 2.29. The third-order valence-corrected chi connectivity index (χ3v) is 3.65. The van der Waals surface area contributed by atoms with E-state index in [1.54, 1.807) is 7.11 Å². The third kappa shape index (κ3) is 3.79. The molecule has 102 valence electrons. The van der Waals surface area contributed by atoms with Crippen LogP contribution in [0.2, 0.25) is 0 Å². The molecule has 0 spiro atoms. The zero-order valence-corrected chi connectivity index (χ0v) is 11.8. The van der Waals surface area contributed by atoms with E-state index in [-0.39, 0.29) is 11.2 Å². The van der Waals surface area contributed by atoms with Gasteiger partial charge in [-0.15, -0.1) is 0 Å². The molecule has 2 nitrogen and oxygen atoms in total. The predicted molar refractivity (Wildman–Crippen MR) is 73.4 cm³/mol. The second-order valence-corrected chi connectivity index (χ2v) is 5.20. The number of ether oxygens (including phenoxy) is 1. The zero-order valence-electron chi connectivity index (χ0n) is 11.8. The molecule has 0 radical (unpaired) electrons. The number of halogens is 1. The van der Waals surface area contributed by atoms with E-state index in [0.29, 0.717) is 6.04 Å². The van der Waals surface area contributed by atoms with E-state index in [1.807, 2.05) is 19.2 Å². The van der Waals surface area contributed by atoms with Crippen molar-refractivity contribution in [1.82, 2.24) is 5.32 Å². The first-order valence-electron chi connectivity index (χ1n) is 6.44. The summed E-state index contributed by atoms with van der Waals surface area (Å²) in [6.45, 7) is 5.15. The number of benzene rings is 1. The summed E-state index contributed by atoms with van der Waals surface area (Å²) in [4.78, 5) is 0. The minimum absolute atomic E-state index is 0.0316. The summed E-state index contributed by atoms with van der Waals surface area (Å²) in [5.41, 5.74) is 1.12. The van der Waals surface area contributed by atoms with Gasteiger partial charge in [-0.25, -0.2) is 4.39 Å². The summed E-state index contributed by atoms with van der Waals surface area (Å²) in [5.74, 6) is -0.185. The topological polar surface area (TPSA) is 21.3 Å². The van der Waals surface area contributed by atoms with E-state index in [1.165, 1.54) is 12.1 Å². The van der Waals surface area contributed by atoms with Crippen LogP contribution in [0.1, 0.15) is 32.3 Å². The average molecular weight is 253 g/mol. The molecule has 3 heteroatoms. The molecule has 0 bridgehead atoms. The number of hydrogen-bond donors (Lipinski definition) is 1. The molecule has 0 saturated heterocycles. The second-order valence-electron chi connectivity index (χ2n) is 5.20. The van der Waals surface area contributed by atoms with Gasteiger partial charge in [-0.05, 0) is 37.6 Å². The molecule has 0 aliphatic rings. The molecule has 1 aromatic rings. The van der Waals surface area contributed by atoms with Crippen LogP contribution in [0.3, 0.4) is 0 Å². The van der Waals surface area contributed by atoms with Crippen LogP contribution in [0.15, 0.2) is 24.3 Å². The second kappa shape index (κ2) is 6.86. The van der Waals surface area contributed by atoms with E-state index in [4.69, 9.17) is 4.74 Å². The van der Waals surface area contributed by atoms with Gasteiger partial charge in [0.1, 0.15) is 5.82 Å². The molecule has 0 aromatic heterocycles. The summed E-state index contributed by atoms with van der Waals surface area (Å²) in [7, 11) is 3.70. The number of hydrogen-bond acceptors (Lipinski definition) is 2. The minimum Gasteiger partial charge on any atom is -0.385 e. The summed E-state index contributed by atoms with van der Waals surface area (Å²) in [6.07, 6.45) is 2.06. The molecular formula is C15H24FNO. The van der Waals surface area contributed by atoms with E-state index >= 15 is 0 Å². The van der Waals surface area contributed by atoms with Crippen molar-refractivity contribution >= 4 is 0 Å². The predicted octanol–water partition coefficient (Wildman–Crippen LogP) is 3.12. The summed E-state index contributed by atoms with van der Waals surface area (Å²) >= 11 is 0. The third-order valence-electron chi connectivity index (χ3n) is 3.65. The summed E-state index contributed by atoms with van der Waals surface area (Å²) in [6, 6.07) is 7.14. The normalized spacial score (nSPS) is 13.6. The lowest BCUT2D eigenvalue weighted by molar-refractivity contribution is 0.183. The standard InChI is InChI=1S/C15H24FNO/c1-15(2,12-7-9-13(16)10-8-12)14(17-3)6-5-11-18-4/h7-10,14,17H,5-6,11H2,1-4H3. The Morgan fingerprint density at radius 2 is 1.89 bits per heavy atom. The average Bonchev–Trinajstić information content (AvgIpc) is 2.35. The van der Waals surface area contributed by atoms with Crippen LogP contribution in [0.4, 0.5) is 4.39 Å². The van der Waals surface area contributed by atoms with Gasteiger partial charge in [-0.3, -0.25) is 0 Å². The van der Waals surface area contributed by atoms with Crippen LogP contribution in [0.5, 0.6) is 0 Å². The van der Waals surface area contributed by atoms with Crippen LogP contribution in [0, 0.1) is 5.82 Å². The number of rotatable bonds is 7. The van der Waals surface area contributed by atoms with Crippen LogP contribution in [-0.4, -0.2) is 26.8 Å². The van der Waals surface area contributed by atoms with Crippen molar-refractivity contribution in [2.45, 2.75) is 38.1 Å². The molecule has 1 N–H and O–H groups in total. The van der Waals surface area contributed by atoms with Gasteiger partial charge >= 0.3 is 0 Å². The quantitative estimate of drug-likeness (QED) is 0.754. The van der Waals surface area contributed by atoms with Gasteiger partial charge in [-0.1, -0.05) is 26.0 Å². The Bertz CT molecular complexity index is 348. The smallest absolute Gasteiger partial charge is 0.123 e. The van der Waals surface area contributed by atoms with Crippen molar-refractivity contribution in [1.29, 1.82) is 0 Å².